The first-order valence-electron chi connectivity index (χ1n) is 5.28. The molecule has 0 saturated carbocycles. The molecular weight excluding hydrogens is 210 g/mol. The first kappa shape index (κ1) is 12.3. The summed E-state index contributed by atoms with van der Waals surface area (Å²) in [7, 11) is 1.92. The molecule has 1 rings (SSSR count). The van der Waals surface area contributed by atoms with E-state index in [1.807, 2.05) is 25.2 Å². The van der Waals surface area contributed by atoms with Gasteiger partial charge in [-0.25, -0.2) is 0 Å². The molecule has 15 heavy (non-hydrogen) atoms. The van der Waals surface area contributed by atoms with Gasteiger partial charge in [0.1, 0.15) is 5.75 Å². The fourth-order valence-electron chi connectivity index (χ4n) is 1.32. The average Bonchev–Trinajstić information content (AvgIpc) is 2.25. The Kier molecular flexibility index (Phi) is 4.92. The third-order valence-corrected chi connectivity index (χ3v) is 2.67. The lowest BCUT2D eigenvalue weighted by atomic mass is 10.1. The molecule has 1 aromatic carbocycles. The van der Waals surface area contributed by atoms with E-state index >= 15 is 0 Å². The van der Waals surface area contributed by atoms with E-state index in [9.17, 15) is 0 Å². The maximum atomic E-state index is 6.16. The maximum absolute atomic E-state index is 6.16. The molecule has 0 aliphatic rings. The zero-order valence-electron chi connectivity index (χ0n) is 9.51. The minimum absolute atomic E-state index is 0.262. The minimum Gasteiger partial charge on any atom is -0.494 e. The van der Waals surface area contributed by atoms with Crippen molar-refractivity contribution in [2.75, 3.05) is 13.7 Å². The number of halogens is 1. The highest BCUT2D eigenvalue weighted by atomic mass is 35.5. The van der Waals surface area contributed by atoms with Gasteiger partial charge in [0.25, 0.3) is 0 Å². The molecule has 3 heteroatoms. The van der Waals surface area contributed by atoms with Crippen LogP contribution in [0.15, 0.2) is 18.2 Å². The topological polar surface area (TPSA) is 21.3 Å². The molecule has 2 nitrogen and oxygen atoms in total. The maximum Gasteiger partial charge on any atom is 0.120 e. The Hall–Kier alpha value is -0.730. The molecule has 0 aromatic heterocycles. The summed E-state index contributed by atoms with van der Waals surface area (Å²) in [5, 5.41) is 3.91. The van der Waals surface area contributed by atoms with Crippen LogP contribution in [0.5, 0.6) is 5.75 Å². The first-order chi connectivity index (χ1) is 7.19. The van der Waals surface area contributed by atoms with Crippen molar-refractivity contribution < 1.29 is 4.74 Å². The van der Waals surface area contributed by atoms with E-state index in [1.165, 1.54) is 0 Å². The van der Waals surface area contributed by atoms with Crippen LogP contribution in [-0.4, -0.2) is 13.7 Å². The monoisotopic (exact) mass is 227 g/mol. The highest BCUT2D eigenvalue weighted by Gasteiger charge is 2.08. The molecule has 0 fully saturated rings. The van der Waals surface area contributed by atoms with E-state index in [0.29, 0.717) is 0 Å². The van der Waals surface area contributed by atoms with Gasteiger partial charge >= 0.3 is 0 Å². The van der Waals surface area contributed by atoms with Crippen molar-refractivity contribution in [2.45, 2.75) is 26.3 Å². The summed E-state index contributed by atoms with van der Waals surface area (Å²) in [5.74, 6) is 0.842. The predicted molar refractivity (Wildman–Crippen MR) is 64.7 cm³/mol. The Balaban J connectivity index is 2.78. The van der Waals surface area contributed by atoms with E-state index in [2.05, 4.69) is 19.2 Å². The molecule has 1 unspecified atom stereocenters. The van der Waals surface area contributed by atoms with Crippen LogP contribution in [0.1, 0.15) is 31.9 Å². The van der Waals surface area contributed by atoms with Gasteiger partial charge in [0, 0.05) is 11.1 Å². The Bertz CT molecular complexity index is 314. The van der Waals surface area contributed by atoms with Gasteiger partial charge < -0.3 is 10.1 Å². The second kappa shape index (κ2) is 5.99. The van der Waals surface area contributed by atoms with Crippen molar-refractivity contribution in [2.24, 2.45) is 0 Å². The molecule has 0 aliphatic carbocycles. The van der Waals surface area contributed by atoms with E-state index < -0.39 is 0 Å². The molecule has 1 atom stereocenters. The quantitative estimate of drug-likeness (QED) is 0.833. The summed E-state index contributed by atoms with van der Waals surface area (Å²) in [6, 6.07) is 6.11. The van der Waals surface area contributed by atoms with Crippen LogP contribution in [-0.2, 0) is 0 Å². The Morgan fingerprint density at radius 1 is 1.47 bits per heavy atom. The summed E-state index contributed by atoms with van der Waals surface area (Å²) in [6.07, 6.45) is 1.01. The molecule has 84 valence electrons. The largest absolute Gasteiger partial charge is 0.494 e. The van der Waals surface area contributed by atoms with Crippen molar-refractivity contribution >= 4 is 11.6 Å². The van der Waals surface area contributed by atoms with Crippen LogP contribution >= 0.6 is 11.6 Å². The SMILES string of the molecule is CCCOc1ccc(C(C)NC)c(Cl)c1. The molecule has 0 heterocycles. The van der Waals surface area contributed by atoms with E-state index in [-0.39, 0.29) is 6.04 Å². The van der Waals surface area contributed by atoms with Crippen LogP contribution < -0.4 is 10.1 Å². The van der Waals surface area contributed by atoms with Crippen molar-refractivity contribution in [3.05, 3.63) is 28.8 Å². The lowest BCUT2D eigenvalue weighted by Crippen LogP contribution is -2.12. The standard InChI is InChI=1S/C12H18ClNO/c1-4-7-15-10-5-6-11(9(2)14-3)12(13)8-10/h5-6,8-9,14H,4,7H2,1-3H3. The van der Waals surface area contributed by atoms with Gasteiger partial charge in [-0.1, -0.05) is 24.6 Å². The normalized spacial score (nSPS) is 12.5. The van der Waals surface area contributed by atoms with Gasteiger partial charge in [-0.05, 0) is 38.1 Å². The number of ether oxygens (including phenoxy) is 1. The van der Waals surface area contributed by atoms with Gasteiger partial charge in [0.2, 0.25) is 0 Å². The highest BCUT2D eigenvalue weighted by Crippen LogP contribution is 2.27. The summed E-state index contributed by atoms with van der Waals surface area (Å²) >= 11 is 6.16. The number of benzene rings is 1. The molecule has 0 amide bonds. The first-order valence-corrected chi connectivity index (χ1v) is 5.66. The number of rotatable bonds is 5. The predicted octanol–water partition coefficient (Wildman–Crippen LogP) is 3.41. The van der Waals surface area contributed by atoms with Gasteiger partial charge in [0.05, 0.1) is 6.61 Å². The molecule has 0 spiro atoms. The molecule has 1 N–H and O–H groups in total. The van der Waals surface area contributed by atoms with E-state index in [0.717, 1.165) is 29.4 Å². The molecule has 0 aliphatic heterocycles. The summed E-state index contributed by atoms with van der Waals surface area (Å²) in [5.41, 5.74) is 1.10. The third-order valence-electron chi connectivity index (χ3n) is 2.34. The van der Waals surface area contributed by atoms with Crippen molar-refractivity contribution in [3.63, 3.8) is 0 Å². The van der Waals surface area contributed by atoms with Crippen LogP contribution in [0.3, 0.4) is 0 Å². The van der Waals surface area contributed by atoms with Gasteiger partial charge in [-0.2, -0.15) is 0 Å². The average molecular weight is 228 g/mol. The molecule has 0 saturated heterocycles. The fourth-order valence-corrected chi connectivity index (χ4v) is 1.66. The zero-order valence-corrected chi connectivity index (χ0v) is 10.3. The Labute approximate surface area is 96.6 Å². The second-order valence-corrected chi connectivity index (χ2v) is 3.95. The second-order valence-electron chi connectivity index (χ2n) is 3.54. The smallest absolute Gasteiger partial charge is 0.120 e. The van der Waals surface area contributed by atoms with Crippen LogP contribution in [0.4, 0.5) is 0 Å². The Morgan fingerprint density at radius 3 is 2.73 bits per heavy atom. The van der Waals surface area contributed by atoms with Crippen molar-refractivity contribution in [1.29, 1.82) is 0 Å². The highest BCUT2D eigenvalue weighted by molar-refractivity contribution is 6.31. The van der Waals surface area contributed by atoms with E-state index in [4.69, 9.17) is 16.3 Å². The molecular formula is C12H18ClNO. The van der Waals surface area contributed by atoms with Crippen molar-refractivity contribution in [1.82, 2.24) is 5.32 Å². The third kappa shape index (κ3) is 3.40. The number of hydrogen-bond acceptors (Lipinski definition) is 2. The van der Waals surface area contributed by atoms with Crippen LogP contribution in [0, 0.1) is 0 Å². The molecule has 0 radical (unpaired) electrons. The summed E-state index contributed by atoms with van der Waals surface area (Å²) in [4.78, 5) is 0. The van der Waals surface area contributed by atoms with Gasteiger partial charge in [0.15, 0.2) is 0 Å². The zero-order chi connectivity index (χ0) is 11.3. The number of nitrogens with one attached hydrogen (secondary N) is 1. The summed E-state index contributed by atoms with van der Waals surface area (Å²) < 4.78 is 5.50. The van der Waals surface area contributed by atoms with Crippen LogP contribution in [0.2, 0.25) is 5.02 Å². The molecule has 1 aromatic rings. The van der Waals surface area contributed by atoms with Gasteiger partial charge in [-0.15, -0.1) is 0 Å². The lowest BCUT2D eigenvalue weighted by Gasteiger charge is -2.13. The van der Waals surface area contributed by atoms with Crippen molar-refractivity contribution in [3.8, 4) is 5.75 Å². The minimum atomic E-state index is 0.262. The van der Waals surface area contributed by atoms with Crippen LogP contribution in [0.25, 0.3) is 0 Å². The molecule has 0 bridgehead atoms. The Morgan fingerprint density at radius 2 is 2.20 bits per heavy atom. The fraction of sp³-hybridized carbons (Fsp3) is 0.500. The lowest BCUT2D eigenvalue weighted by molar-refractivity contribution is 0.317. The number of hydrogen-bond donors (Lipinski definition) is 1. The van der Waals surface area contributed by atoms with E-state index in [1.54, 1.807) is 0 Å². The summed E-state index contributed by atoms with van der Waals surface area (Å²) in [6.45, 7) is 4.89. The van der Waals surface area contributed by atoms with Gasteiger partial charge in [-0.3, -0.25) is 0 Å².